The van der Waals surface area contributed by atoms with E-state index in [1.165, 1.54) is 0 Å². The van der Waals surface area contributed by atoms with Gasteiger partial charge in [-0.05, 0) is 38.0 Å². The summed E-state index contributed by atoms with van der Waals surface area (Å²) in [5.41, 5.74) is 9.23. The Morgan fingerprint density at radius 3 is 2.67 bits per heavy atom. The number of halogens is 1. The predicted octanol–water partition coefficient (Wildman–Crippen LogP) is 2.87. The van der Waals surface area contributed by atoms with E-state index in [1.54, 1.807) is 18.6 Å². The third-order valence-corrected chi connectivity index (χ3v) is 3.28. The highest BCUT2D eigenvalue weighted by molar-refractivity contribution is 6.31. The molecule has 2 heterocycles. The van der Waals surface area contributed by atoms with E-state index in [4.69, 9.17) is 17.3 Å². The molecule has 96 valence electrons. The third kappa shape index (κ3) is 2.26. The molecule has 0 aliphatic heterocycles. The van der Waals surface area contributed by atoms with Gasteiger partial charge >= 0.3 is 0 Å². The summed E-state index contributed by atoms with van der Waals surface area (Å²) in [6.45, 7) is 6.12. The van der Waals surface area contributed by atoms with Gasteiger partial charge in [-0.3, -0.25) is 9.67 Å². The van der Waals surface area contributed by atoms with Crippen LogP contribution in [0.5, 0.6) is 0 Å². The van der Waals surface area contributed by atoms with Gasteiger partial charge in [0.2, 0.25) is 0 Å². The second kappa shape index (κ2) is 5.08. The van der Waals surface area contributed by atoms with Crippen LogP contribution < -0.4 is 5.73 Å². The molecule has 18 heavy (non-hydrogen) atoms. The minimum atomic E-state index is -0.309. The number of hydrogen-bond donors (Lipinski definition) is 1. The summed E-state index contributed by atoms with van der Waals surface area (Å²) >= 11 is 6.20. The highest BCUT2D eigenvalue weighted by atomic mass is 35.5. The molecule has 0 fully saturated rings. The van der Waals surface area contributed by atoms with Gasteiger partial charge in [0, 0.05) is 18.4 Å². The van der Waals surface area contributed by atoms with Gasteiger partial charge < -0.3 is 5.73 Å². The van der Waals surface area contributed by atoms with Crippen LogP contribution in [0.1, 0.15) is 42.8 Å². The molecule has 0 spiro atoms. The average Bonchev–Trinajstić information content (AvgIpc) is 2.71. The molecule has 0 aliphatic rings. The van der Waals surface area contributed by atoms with E-state index in [0.29, 0.717) is 5.02 Å². The summed E-state index contributed by atoms with van der Waals surface area (Å²) in [7, 11) is 0. The van der Waals surface area contributed by atoms with Crippen LogP contribution in [0, 0.1) is 6.92 Å². The first-order valence-corrected chi connectivity index (χ1v) is 6.29. The van der Waals surface area contributed by atoms with Gasteiger partial charge in [-0.2, -0.15) is 5.10 Å². The monoisotopic (exact) mass is 264 g/mol. The molecule has 0 saturated heterocycles. The van der Waals surface area contributed by atoms with Crippen molar-refractivity contribution in [2.45, 2.75) is 32.9 Å². The lowest BCUT2D eigenvalue weighted by Crippen LogP contribution is -2.20. The molecule has 5 heteroatoms. The number of hydrogen-bond acceptors (Lipinski definition) is 3. The van der Waals surface area contributed by atoms with Crippen molar-refractivity contribution in [3.8, 4) is 0 Å². The number of aryl methyl sites for hydroxylation is 1. The van der Waals surface area contributed by atoms with Crippen LogP contribution in [0.4, 0.5) is 0 Å². The molecule has 0 aliphatic carbocycles. The maximum absolute atomic E-state index is 6.32. The van der Waals surface area contributed by atoms with Crippen LogP contribution in [0.25, 0.3) is 0 Å². The Hall–Kier alpha value is -1.39. The Kier molecular flexibility index (Phi) is 3.68. The van der Waals surface area contributed by atoms with Gasteiger partial charge in [-0.25, -0.2) is 0 Å². The van der Waals surface area contributed by atoms with E-state index in [2.05, 4.69) is 23.9 Å². The molecule has 2 aromatic heterocycles. The topological polar surface area (TPSA) is 56.7 Å². The fraction of sp³-hybridized carbons (Fsp3) is 0.385. The molecule has 1 unspecified atom stereocenters. The van der Waals surface area contributed by atoms with Crippen molar-refractivity contribution in [2.24, 2.45) is 5.73 Å². The highest BCUT2D eigenvalue weighted by Crippen LogP contribution is 2.29. The first-order valence-electron chi connectivity index (χ1n) is 5.91. The number of nitrogens with zero attached hydrogens (tertiary/aromatic N) is 3. The number of nitrogens with two attached hydrogens (primary N) is 1. The Labute approximate surface area is 112 Å². The molecular weight excluding hydrogens is 248 g/mol. The zero-order chi connectivity index (χ0) is 13.3. The maximum Gasteiger partial charge on any atom is 0.0837 e. The Morgan fingerprint density at radius 1 is 1.33 bits per heavy atom. The van der Waals surface area contributed by atoms with Gasteiger partial charge in [0.25, 0.3) is 0 Å². The Morgan fingerprint density at radius 2 is 2.06 bits per heavy atom. The molecule has 2 rings (SSSR count). The van der Waals surface area contributed by atoms with Crippen molar-refractivity contribution in [1.29, 1.82) is 0 Å². The van der Waals surface area contributed by atoms with Gasteiger partial charge in [0.15, 0.2) is 0 Å². The quantitative estimate of drug-likeness (QED) is 0.927. The van der Waals surface area contributed by atoms with E-state index in [0.717, 1.165) is 16.8 Å². The van der Waals surface area contributed by atoms with Crippen molar-refractivity contribution in [3.63, 3.8) is 0 Å². The Balaban J connectivity index is 2.49. The van der Waals surface area contributed by atoms with E-state index in [-0.39, 0.29) is 12.1 Å². The standard InChI is InChI=1S/C13H17ClN4/c1-8(2)18-13(11(14)7-17-18)12(15)10-6-16-5-4-9(10)3/h4-8,12H,15H2,1-3H3. The molecule has 0 bridgehead atoms. The molecule has 0 aromatic carbocycles. The highest BCUT2D eigenvalue weighted by Gasteiger charge is 2.21. The average molecular weight is 265 g/mol. The zero-order valence-corrected chi connectivity index (χ0v) is 11.5. The second-order valence-electron chi connectivity index (χ2n) is 4.63. The molecular formula is C13H17ClN4. The van der Waals surface area contributed by atoms with Gasteiger partial charge in [-0.15, -0.1) is 0 Å². The smallest absolute Gasteiger partial charge is 0.0837 e. The summed E-state index contributed by atoms with van der Waals surface area (Å²) in [6, 6.07) is 1.85. The zero-order valence-electron chi connectivity index (χ0n) is 10.8. The van der Waals surface area contributed by atoms with Gasteiger partial charge in [0.1, 0.15) is 0 Å². The third-order valence-electron chi connectivity index (χ3n) is 2.99. The van der Waals surface area contributed by atoms with Crippen LogP contribution in [-0.4, -0.2) is 14.8 Å². The molecule has 4 nitrogen and oxygen atoms in total. The van der Waals surface area contributed by atoms with Crippen molar-refractivity contribution in [3.05, 3.63) is 46.5 Å². The van der Waals surface area contributed by atoms with E-state index < -0.39 is 0 Å². The van der Waals surface area contributed by atoms with Crippen LogP contribution in [0.15, 0.2) is 24.7 Å². The van der Waals surface area contributed by atoms with Gasteiger partial charge in [0.05, 0.1) is 23.0 Å². The fourth-order valence-corrected chi connectivity index (χ4v) is 2.25. The summed E-state index contributed by atoms with van der Waals surface area (Å²) in [5.74, 6) is 0. The van der Waals surface area contributed by atoms with Crippen molar-refractivity contribution >= 4 is 11.6 Å². The summed E-state index contributed by atoms with van der Waals surface area (Å²) in [4.78, 5) is 4.13. The molecule has 0 saturated carbocycles. The van der Waals surface area contributed by atoms with Crippen LogP contribution in [-0.2, 0) is 0 Å². The van der Waals surface area contributed by atoms with Crippen molar-refractivity contribution < 1.29 is 0 Å². The van der Waals surface area contributed by atoms with E-state index >= 15 is 0 Å². The molecule has 0 radical (unpaired) electrons. The lowest BCUT2D eigenvalue weighted by molar-refractivity contribution is 0.499. The first kappa shape index (κ1) is 13.1. The SMILES string of the molecule is Cc1ccncc1C(N)c1c(Cl)cnn1C(C)C. The van der Waals surface area contributed by atoms with Crippen LogP contribution in [0.2, 0.25) is 5.02 Å². The minimum absolute atomic E-state index is 0.218. The normalized spacial score (nSPS) is 13.0. The summed E-state index contributed by atoms with van der Waals surface area (Å²) in [6.07, 6.45) is 5.18. The van der Waals surface area contributed by atoms with Crippen molar-refractivity contribution in [2.75, 3.05) is 0 Å². The fourth-order valence-electron chi connectivity index (χ4n) is 2.00. The number of aromatic nitrogens is 3. The molecule has 0 amide bonds. The maximum atomic E-state index is 6.32. The van der Waals surface area contributed by atoms with Gasteiger partial charge in [-0.1, -0.05) is 11.6 Å². The molecule has 2 N–H and O–H groups in total. The lowest BCUT2D eigenvalue weighted by atomic mass is 10.0. The largest absolute Gasteiger partial charge is 0.319 e. The molecule has 1 atom stereocenters. The first-order chi connectivity index (χ1) is 8.52. The van der Waals surface area contributed by atoms with Crippen molar-refractivity contribution in [1.82, 2.24) is 14.8 Å². The summed E-state index contributed by atoms with van der Waals surface area (Å²) in [5, 5.41) is 4.87. The lowest BCUT2D eigenvalue weighted by Gasteiger charge is -2.18. The van der Waals surface area contributed by atoms with E-state index in [9.17, 15) is 0 Å². The summed E-state index contributed by atoms with van der Waals surface area (Å²) < 4.78 is 1.86. The minimum Gasteiger partial charge on any atom is -0.319 e. The van der Waals surface area contributed by atoms with Crippen LogP contribution >= 0.6 is 11.6 Å². The predicted molar refractivity (Wildman–Crippen MR) is 72.6 cm³/mol. The number of pyridine rings is 1. The molecule has 2 aromatic rings. The van der Waals surface area contributed by atoms with E-state index in [1.807, 2.05) is 17.7 Å². The van der Waals surface area contributed by atoms with Crippen LogP contribution in [0.3, 0.4) is 0 Å². The number of rotatable bonds is 3. The Bertz CT molecular complexity index is 548. The second-order valence-corrected chi connectivity index (χ2v) is 5.03.